The Balaban J connectivity index is 1.80. The van der Waals surface area contributed by atoms with E-state index >= 15 is 0 Å². The summed E-state index contributed by atoms with van der Waals surface area (Å²) in [7, 11) is 0. The molecule has 2 heterocycles. The first-order valence-electron chi connectivity index (χ1n) is 7.35. The van der Waals surface area contributed by atoms with Gasteiger partial charge in [-0.1, -0.05) is 32.0 Å². The maximum atomic E-state index is 5.87. The molecule has 4 heteroatoms. The zero-order valence-corrected chi connectivity index (χ0v) is 12.8. The summed E-state index contributed by atoms with van der Waals surface area (Å²) >= 11 is 0. The van der Waals surface area contributed by atoms with E-state index in [1.165, 1.54) is 5.56 Å². The lowest BCUT2D eigenvalue weighted by molar-refractivity contribution is 0.459. The van der Waals surface area contributed by atoms with Gasteiger partial charge in [0.05, 0.1) is 18.3 Å². The van der Waals surface area contributed by atoms with E-state index in [2.05, 4.69) is 42.5 Å². The average Bonchev–Trinajstić information content (AvgIpc) is 3.01. The summed E-state index contributed by atoms with van der Waals surface area (Å²) in [5.74, 6) is 1.93. The van der Waals surface area contributed by atoms with Crippen molar-refractivity contribution < 1.29 is 4.42 Å². The normalized spacial score (nSPS) is 11.6. The van der Waals surface area contributed by atoms with Crippen LogP contribution in [0.15, 0.2) is 40.9 Å². The maximum absolute atomic E-state index is 5.87. The highest BCUT2D eigenvalue weighted by atomic mass is 16.3. The molecule has 0 fully saturated rings. The van der Waals surface area contributed by atoms with Crippen molar-refractivity contribution in [3.63, 3.8) is 0 Å². The Morgan fingerprint density at radius 2 is 2.10 bits per heavy atom. The third-order valence-electron chi connectivity index (χ3n) is 3.63. The van der Waals surface area contributed by atoms with E-state index in [1.807, 2.05) is 29.9 Å². The van der Waals surface area contributed by atoms with E-state index in [0.717, 1.165) is 29.0 Å². The highest BCUT2D eigenvalue weighted by molar-refractivity contribution is 5.78. The van der Waals surface area contributed by atoms with Gasteiger partial charge in [-0.2, -0.15) is 5.10 Å². The van der Waals surface area contributed by atoms with E-state index in [4.69, 9.17) is 4.42 Å². The third-order valence-corrected chi connectivity index (χ3v) is 3.63. The summed E-state index contributed by atoms with van der Waals surface area (Å²) in [5, 5.41) is 9.02. The zero-order chi connectivity index (χ0) is 14.8. The first-order chi connectivity index (χ1) is 10.1. The molecule has 0 atom stereocenters. The molecular weight excluding hydrogens is 262 g/mol. The molecule has 0 aliphatic carbocycles. The highest BCUT2D eigenvalue weighted by Crippen LogP contribution is 2.18. The van der Waals surface area contributed by atoms with E-state index in [1.54, 1.807) is 0 Å². The second kappa shape index (κ2) is 5.74. The number of rotatable bonds is 5. The lowest BCUT2D eigenvalue weighted by atomic mass is 10.2. The Morgan fingerprint density at radius 3 is 2.90 bits per heavy atom. The fourth-order valence-electron chi connectivity index (χ4n) is 2.45. The number of furan rings is 1. The summed E-state index contributed by atoms with van der Waals surface area (Å²) in [5.41, 5.74) is 2.35. The highest BCUT2D eigenvalue weighted by Gasteiger charge is 2.10. The van der Waals surface area contributed by atoms with E-state index < -0.39 is 0 Å². The molecule has 0 saturated heterocycles. The second-order valence-corrected chi connectivity index (χ2v) is 5.69. The number of hydrogen-bond donors (Lipinski definition) is 1. The quantitative estimate of drug-likeness (QED) is 0.779. The molecule has 2 aromatic heterocycles. The van der Waals surface area contributed by atoms with Crippen LogP contribution in [0, 0.1) is 6.92 Å². The molecule has 0 aliphatic heterocycles. The molecular formula is C17H21N3O. The molecule has 0 spiro atoms. The number of para-hydroxylation sites is 1. The molecule has 4 nitrogen and oxygen atoms in total. The summed E-state index contributed by atoms with van der Waals surface area (Å²) in [6.07, 6.45) is 1.90. The van der Waals surface area contributed by atoms with Gasteiger partial charge in [-0.15, -0.1) is 0 Å². The molecule has 3 rings (SSSR count). The van der Waals surface area contributed by atoms with Crippen LogP contribution in [-0.4, -0.2) is 15.8 Å². The number of hydrogen-bond acceptors (Lipinski definition) is 3. The topological polar surface area (TPSA) is 43.0 Å². The van der Waals surface area contributed by atoms with Crippen LogP contribution in [-0.2, 0) is 13.1 Å². The Labute approximate surface area is 124 Å². The number of nitrogens with zero attached hydrogens (tertiary/aromatic N) is 2. The molecule has 0 aliphatic rings. The van der Waals surface area contributed by atoms with Crippen LogP contribution in [0.4, 0.5) is 0 Å². The molecule has 1 aromatic carbocycles. The fraction of sp³-hybridized carbons (Fsp3) is 0.353. The predicted octanol–water partition coefficient (Wildman–Crippen LogP) is 3.48. The van der Waals surface area contributed by atoms with Gasteiger partial charge >= 0.3 is 0 Å². The largest absolute Gasteiger partial charge is 0.464 e. The van der Waals surface area contributed by atoms with Gasteiger partial charge in [-0.25, -0.2) is 0 Å². The van der Waals surface area contributed by atoms with Gasteiger partial charge < -0.3 is 9.73 Å². The van der Waals surface area contributed by atoms with Crippen LogP contribution < -0.4 is 5.32 Å². The fourth-order valence-corrected chi connectivity index (χ4v) is 2.45. The van der Waals surface area contributed by atoms with Crippen molar-refractivity contribution in [2.24, 2.45) is 0 Å². The molecule has 0 bridgehead atoms. The number of benzene rings is 1. The molecule has 0 unspecified atom stereocenters. The Bertz CT molecular complexity index is 739. The van der Waals surface area contributed by atoms with Crippen molar-refractivity contribution in [3.8, 4) is 0 Å². The van der Waals surface area contributed by atoms with Crippen LogP contribution in [0.25, 0.3) is 10.9 Å². The molecule has 0 amide bonds. The molecule has 3 aromatic rings. The summed E-state index contributed by atoms with van der Waals surface area (Å²) in [4.78, 5) is 0. The minimum Gasteiger partial charge on any atom is -0.464 e. The minimum absolute atomic E-state index is 0.470. The number of aromatic nitrogens is 2. The number of aryl methyl sites for hydroxylation is 1. The van der Waals surface area contributed by atoms with E-state index in [9.17, 15) is 0 Å². The Hall–Kier alpha value is -2.07. The summed E-state index contributed by atoms with van der Waals surface area (Å²) in [6, 6.07) is 10.8. The SMILES string of the molecule is Cc1oc(Cn2ncc3ccccc32)cc1CNC(C)C. The van der Waals surface area contributed by atoms with Crippen molar-refractivity contribution in [3.05, 3.63) is 53.6 Å². The zero-order valence-electron chi connectivity index (χ0n) is 12.8. The van der Waals surface area contributed by atoms with E-state index in [0.29, 0.717) is 12.6 Å². The van der Waals surface area contributed by atoms with Crippen LogP contribution in [0.5, 0.6) is 0 Å². The first-order valence-corrected chi connectivity index (χ1v) is 7.35. The molecule has 110 valence electrons. The minimum atomic E-state index is 0.470. The molecule has 0 radical (unpaired) electrons. The monoisotopic (exact) mass is 283 g/mol. The van der Waals surface area contributed by atoms with Gasteiger partial charge in [-0.05, 0) is 19.1 Å². The van der Waals surface area contributed by atoms with Gasteiger partial charge in [0.1, 0.15) is 11.5 Å². The van der Waals surface area contributed by atoms with Gasteiger partial charge in [0.2, 0.25) is 0 Å². The average molecular weight is 283 g/mol. The summed E-state index contributed by atoms with van der Waals surface area (Å²) < 4.78 is 7.85. The van der Waals surface area contributed by atoms with Gasteiger partial charge in [0.25, 0.3) is 0 Å². The molecule has 0 saturated carbocycles. The van der Waals surface area contributed by atoms with Crippen LogP contribution in [0.3, 0.4) is 0 Å². The standard InChI is InChI=1S/C17H21N3O/c1-12(2)18-9-15-8-16(21-13(15)3)11-20-17-7-5-4-6-14(17)10-19-20/h4-8,10,12,18H,9,11H2,1-3H3. The van der Waals surface area contributed by atoms with Gasteiger partial charge in [-0.3, -0.25) is 4.68 Å². The second-order valence-electron chi connectivity index (χ2n) is 5.69. The first kappa shape index (κ1) is 13.9. The maximum Gasteiger partial charge on any atom is 0.126 e. The predicted molar refractivity (Wildman–Crippen MR) is 84.3 cm³/mol. The Morgan fingerprint density at radius 1 is 1.29 bits per heavy atom. The third kappa shape index (κ3) is 3.00. The van der Waals surface area contributed by atoms with Crippen molar-refractivity contribution in [1.82, 2.24) is 15.1 Å². The van der Waals surface area contributed by atoms with Gasteiger partial charge in [0.15, 0.2) is 0 Å². The lowest BCUT2D eigenvalue weighted by Gasteiger charge is -2.06. The summed E-state index contributed by atoms with van der Waals surface area (Å²) in [6.45, 7) is 7.81. The van der Waals surface area contributed by atoms with Crippen molar-refractivity contribution in [2.45, 2.75) is 39.9 Å². The molecule has 1 N–H and O–H groups in total. The van der Waals surface area contributed by atoms with Crippen molar-refractivity contribution in [2.75, 3.05) is 0 Å². The number of fused-ring (bicyclic) bond motifs is 1. The van der Waals surface area contributed by atoms with Crippen molar-refractivity contribution >= 4 is 10.9 Å². The molecule has 21 heavy (non-hydrogen) atoms. The van der Waals surface area contributed by atoms with E-state index in [-0.39, 0.29) is 0 Å². The van der Waals surface area contributed by atoms with Gasteiger partial charge in [0, 0.05) is 23.5 Å². The van der Waals surface area contributed by atoms with Crippen LogP contribution in [0.2, 0.25) is 0 Å². The smallest absolute Gasteiger partial charge is 0.126 e. The van der Waals surface area contributed by atoms with Crippen molar-refractivity contribution in [1.29, 1.82) is 0 Å². The lowest BCUT2D eigenvalue weighted by Crippen LogP contribution is -2.21. The van der Waals surface area contributed by atoms with Crippen LogP contribution >= 0.6 is 0 Å². The van der Waals surface area contributed by atoms with Crippen LogP contribution in [0.1, 0.15) is 30.9 Å². The number of nitrogens with one attached hydrogen (secondary N) is 1. The Kier molecular flexibility index (Phi) is 3.80.